The molecule has 5 nitrogen and oxygen atoms in total. The summed E-state index contributed by atoms with van der Waals surface area (Å²) >= 11 is 0. The van der Waals surface area contributed by atoms with Gasteiger partial charge in [-0.05, 0) is 26.2 Å². The fraction of sp³-hybridized carbons (Fsp3) is 0.462. The van der Waals surface area contributed by atoms with E-state index >= 15 is 0 Å². The summed E-state index contributed by atoms with van der Waals surface area (Å²) in [6.07, 6.45) is 0. The zero-order valence-corrected chi connectivity index (χ0v) is 11.3. The summed E-state index contributed by atoms with van der Waals surface area (Å²) in [5.74, 6) is -0.293. The monoisotopic (exact) mass is 289 g/mol. The predicted octanol–water partition coefficient (Wildman–Crippen LogP) is 1.77. The smallest absolute Gasteiger partial charge is 0.387 e. The molecule has 0 heterocycles. The molecule has 0 atom stereocenters. The normalized spacial score (nSPS) is 10.7. The molecule has 7 heteroatoms. The van der Waals surface area contributed by atoms with E-state index in [0.29, 0.717) is 6.54 Å². The summed E-state index contributed by atoms with van der Waals surface area (Å²) in [5.41, 5.74) is 0. The van der Waals surface area contributed by atoms with Crippen LogP contribution in [0.15, 0.2) is 24.3 Å². The molecule has 0 aliphatic heterocycles. The van der Waals surface area contributed by atoms with Crippen molar-refractivity contribution in [3.05, 3.63) is 24.3 Å². The SMILES string of the molecule is CN(C)CCOC(=O)COc1cccc(OC(F)F)c1. The van der Waals surface area contributed by atoms with Gasteiger partial charge in [-0.2, -0.15) is 8.78 Å². The summed E-state index contributed by atoms with van der Waals surface area (Å²) in [4.78, 5) is 13.2. The first-order valence-corrected chi connectivity index (χ1v) is 5.95. The van der Waals surface area contributed by atoms with Crippen molar-refractivity contribution < 1.29 is 27.8 Å². The topological polar surface area (TPSA) is 48.0 Å². The molecule has 0 N–H and O–H groups in total. The largest absolute Gasteiger partial charge is 0.482 e. The van der Waals surface area contributed by atoms with E-state index < -0.39 is 12.6 Å². The van der Waals surface area contributed by atoms with Crippen molar-refractivity contribution in [2.75, 3.05) is 33.9 Å². The summed E-state index contributed by atoms with van der Waals surface area (Å²) in [5, 5.41) is 0. The highest BCUT2D eigenvalue weighted by Crippen LogP contribution is 2.20. The first-order chi connectivity index (χ1) is 9.47. The Kier molecular flexibility index (Phi) is 6.72. The van der Waals surface area contributed by atoms with Gasteiger partial charge in [-0.3, -0.25) is 0 Å². The molecule has 1 rings (SSSR count). The van der Waals surface area contributed by atoms with Crippen LogP contribution >= 0.6 is 0 Å². The Bertz CT molecular complexity index is 427. The van der Waals surface area contributed by atoms with Crippen LogP contribution in [-0.2, 0) is 9.53 Å². The van der Waals surface area contributed by atoms with Crippen LogP contribution in [0.4, 0.5) is 8.78 Å². The van der Waals surface area contributed by atoms with Crippen molar-refractivity contribution in [3.63, 3.8) is 0 Å². The van der Waals surface area contributed by atoms with E-state index in [-0.39, 0.29) is 24.7 Å². The Morgan fingerprint density at radius 3 is 2.65 bits per heavy atom. The number of hydrogen-bond acceptors (Lipinski definition) is 5. The van der Waals surface area contributed by atoms with Gasteiger partial charge in [0.25, 0.3) is 0 Å². The number of carbonyl (C=O) groups is 1. The molecule has 0 saturated carbocycles. The summed E-state index contributed by atoms with van der Waals surface area (Å²) in [7, 11) is 3.72. The lowest BCUT2D eigenvalue weighted by Gasteiger charge is -2.11. The number of likely N-dealkylation sites (N-methyl/N-ethyl adjacent to an activating group) is 1. The van der Waals surface area contributed by atoms with Gasteiger partial charge in [0.1, 0.15) is 18.1 Å². The van der Waals surface area contributed by atoms with Crippen LogP contribution in [0.1, 0.15) is 0 Å². The zero-order chi connectivity index (χ0) is 15.0. The van der Waals surface area contributed by atoms with Crippen molar-refractivity contribution >= 4 is 5.97 Å². The maximum Gasteiger partial charge on any atom is 0.387 e. The number of rotatable bonds is 8. The molecule has 0 amide bonds. The molecule has 0 radical (unpaired) electrons. The third-order valence-corrected chi connectivity index (χ3v) is 2.19. The van der Waals surface area contributed by atoms with Gasteiger partial charge >= 0.3 is 12.6 Å². The Labute approximate surface area is 116 Å². The van der Waals surface area contributed by atoms with E-state index in [2.05, 4.69) is 4.74 Å². The van der Waals surface area contributed by atoms with Gasteiger partial charge in [-0.1, -0.05) is 6.07 Å². The van der Waals surface area contributed by atoms with Gasteiger partial charge in [-0.25, -0.2) is 4.79 Å². The number of benzene rings is 1. The molecule has 0 aromatic heterocycles. The first-order valence-electron chi connectivity index (χ1n) is 5.95. The maximum atomic E-state index is 12.0. The minimum Gasteiger partial charge on any atom is -0.482 e. The minimum absolute atomic E-state index is 0.0292. The van der Waals surface area contributed by atoms with Gasteiger partial charge in [0.05, 0.1) is 0 Å². The average Bonchev–Trinajstić information content (AvgIpc) is 2.35. The molecular weight excluding hydrogens is 272 g/mol. The van der Waals surface area contributed by atoms with Crippen LogP contribution in [-0.4, -0.2) is 51.3 Å². The second-order valence-corrected chi connectivity index (χ2v) is 4.17. The van der Waals surface area contributed by atoms with E-state index in [0.717, 1.165) is 0 Å². The molecule has 0 spiro atoms. The van der Waals surface area contributed by atoms with Gasteiger partial charge in [-0.15, -0.1) is 0 Å². The molecule has 0 fully saturated rings. The fourth-order valence-electron chi connectivity index (χ4n) is 1.27. The number of nitrogens with zero attached hydrogens (tertiary/aromatic N) is 1. The summed E-state index contributed by atoms with van der Waals surface area (Å²) < 4.78 is 38.3. The number of hydrogen-bond donors (Lipinski definition) is 0. The van der Waals surface area contributed by atoms with Crippen LogP contribution in [0.2, 0.25) is 0 Å². The molecule has 112 valence electrons. The molecule has 0 unspecified atom stereocenters. The molecule has 0 bridgehead atoms. The Hall–Kier alpha value is -1.89. The van der Waals surface area contributed by atoms with Crippen LogP contribution < -0.4 is 9.47 Å². The van der Waals surface area contributed by atoms with Gasteiger partial charge in [0.15, 0.2) is 6.61 Å². The number of esters is 1. The second-order valence-electron chi connectivity index (χ2n) is 4.17. The zero-order valence-electron chi connectivity index (χ0n) is 11.3. The third kappa shape index (κ3) is 6.89. The maximum absolute atomic E-state index is 12.0. The van der Waals surface area contributed by atoms with Crippen LogP contribution in [0.3, 0.4) is 0 Å². The van der Waals surface area contributed by atoms with Crippen molar-refractivity contribution in [3.8, 4) is 11.5 Å². The van der Waals surface area contributed by atoms with Crippen molar-refractivity contribution in [1.29, 1.82) is 0 Å². The summed E-state index contributed by atoms with van der Waals surface area (Å²) in [6, 6.07) is 5.67. The van der Waals surface area contributed by atoms with Crippen molar-refractivity contribution in [2.24, 2.45) is 0 Å². The van der Waals surface area contributed by atoms with E-state index in [1.807, 2.05) is 19.0 Å². The minimum atomic E-state index is -2.90. The molecule has 1 aromatic rings. The van der Waals surface area contributed by atoms with Crippen molar-refractivity contribution in [2.45, 2.75) is 6.61 Å². The van der Waals surface area contributed by atoms with E-state index in [9.17, 15) is 13.6 Å². The van der Waals surface area contributed by atoms with Gasteiger partial charge in [0, 0.05) is 12.6 Å². The van der Waals surface area contributed by atoms with E-state index in [1.165, 1.54) is 24.3 Å². The lowest BCUT2D eigenvalue weighted by Crippen LogP contribution is -2.22. The third-order valence-electron chi connectivity index (χ3n) is 2.19. The highest BCUT2D eigenvalue weighted by Gasteiger charge is 2.07. The number of carbonyl (C=O) groups excluding carboxylic acids is 1. The predicted molar refractivity (Wildman–Crippen MR) is 68.1 cm³/mol. The summed E-state index contributed by atoms with van der Waals surface area (Å²) in [6.45, 7) is -2.31. The average molecular weight is 289 g/mol. The van der Waals surface area contributed by atoms with Crippen LogP contribution in [0, 0.1) is 0 Å². The molecule has 1 aromatic carbocycles. The number of halogens is 2. The second kappa shape index (κ2) is 8.31. The highest BCUT2D eigenvalue weighted by atomic mass is 19.3. The lowest BCUT2D eigenvalue weighted by molar-refractivity contribution is -0.146. The Morgan fingerprint density at radius 2 is 2.00 bits per heavy atom. The van der Waals surface area contributed by atoms with Crippen molar-refractivity contribution in [1.82, 2.24) is 4.90 Å². The molecule has 0 aliphatic rings. The molecular formula is C13H17F2NO4. The van der Waals surface area contributed by atoms with Crippen LogP contribution in [0.25, 0.3) is 0 Å². The number of alkyl halides is 2. The van der Waals surface area contributed by atoms with E-state index in [4.69, 9.17) is 9.47 Å². The lowest BCUT2D eigenvalue weighted by atomic mass is 10.3. The van der Waals surface area contributed by atoms with Crippen LogP contribution in [0.5, 0.6) is 11.5 Å². The Balaban J connectivity index is 2.35. The van der Waals surface area contributed by atoms with E-state index in [1.54, 1.807) is 0 Å². The number of ether oxygens (including phenoxy) is 3. The fourth-order valence-corrected chi connectivity index (χ4v) is 1.27. The Morgan fingerprint density at radius 1 is 1.30 bits per heavy atom. The van der Waals surface area contributed by atoms with Gasteiger partial charge < -0.3 is 19.1 Å². The quantitative estimate of drug-likeness (QED) is 0.683. The highest BCUT2D eigenvalue weighted by molar-refractivity contribution is 5.71. The molecule has 20 heavy (non-hydrogen) atoms. The molecule has 0 aliphatic carbocycles. The molecule has 0 saturated heterocycles. The standard InChI is InChI=1S/C13H17F2NO4/c1-16(2)6-7-18-12(17)9-19-10-4-3-5-11(8-10)20-13(14)15/h3-5,8,13H,6-7,9H2,1-2H3. The van der Waals surface area contributed by atoms with Gasteiger partial charge in [0.2, 0.25) is 0 Å². The first kappa shape index (κ1) is 16.2.